The molecule has 9 heteroatoms. The molecule has 1 atom stereocenters. The summed E-state index contributed by atoms with van der Waals surface area (Å²) < 4.78 is 0. The van der Waals surface area contributed by atoms with Crippen LogP contribution in [0.15, 0.2) is 30.6 Å². The molecule has 1 amide bonds. The lowest BCUT2D eigenvalue weighted by Crippen LogP contribution is -2.35. The number of nitrogens with zero attached hydrogens (tertiary/aromatic N) is 4. The van der Waals surface area contributed by atoms with Gasteiger partial charge >= 0.3 is 0 Å². The molecule has 0 aliphatic carbocycles. The van der Waals surface area contributed by atoms with Crippen LogP contribution in [-0.2, 0) is 6.42 Å². The summed E-state index contributed by atoms with van der Waals surface area (Å²) in [6.07, 6.45) is 4.40. The maximum Gasteiger partial charge on any atom is 0.280 e. The number of nitrogens with one attached hydrogen (secondary N) is 2. The highest BCUT2D eigenvalue weighted by atomic mass is 32.1. The van der Waals surface area contributed by atoms with E-state index in [1.165, 1.54) is 23.2 Å². The number of aromatic nitrogens is 3. The molecule has 30 heavy (non-hydrogen) atoms. The number of rotatable bonds is 5. The zero-order valence-corrected chi connectivity index (χ0v) is 17.4. The van der Waals surface area contributed by atoms with E-state index in [4.69, 9.17) is 0 Å². The number of benzene rings is 1. The van der Waals surface area contributed by atoms with E-state index in [0.29, 0.717) is 33.6 Å². The summed E-state index contributed by atoms with van der Waals surface area (Å²) in [5.74, 6) is 0.979. The Morgan fingerprint density at radius 3 is 2.93 bits per heavy atom. The van der Waals surface area contributed by atoms with Crippen LogP contribution in [0.4, 0.5) is 11.5 Å². The molecule has 2 aliphatic heterocycles. The first-order valence-electron chi connectivity index (χ1n) is 10.3. The number of thiazole rings is 1. The molecule has 2 aliphatic rings. The topological polar surface area (TPSA) is 103 Å². The molecular weight excluding hydrogens is 400 g/mol. The predicted molar refractivity (Wildman–Crippen MR) is 116 cm³/mol. The van der Waals surface area contributed by atoms with Crippen molar-refractivity contribution in [1.29, 1.82) is 0 Å². The maximum atomic E-state index is 12.7. The summed E-state index contributed by atoms with van der Waals surface area (Å²) in [4.78, 5) is 28.9. The minimum atomic E-state index is -0.164. The zero-order valence-electron chi connectivity index (χ0n) is 16.5. The van der Waals surface area contributed by atoms with Crippen LogP contribution in [0, 0.1) is 5.92 Å². The van der Waals surface area contributed by atoms with Crippen LogP contribution in [0.2, 0.25) is 0 Å². The number of anilines is 2. The van der Waals surface area contributed by atoms with Crippen LogP contribution in [0.1, 0.15) is 28.2 Å². The minimum absolute atomic E-state index is 0.00784. The van der Waals surface area contributed by atoms with Gasteiger partial charge in [0.1, 0.15) is 16.7 Å². The summed E-state index contributed by atoms with van der Waals surface area (Å²) >= 11 is 1.28. The predicted octanol–water partition coefficient (Wildman–Crippen LogP) is 1.87. The fourth-order valence-corrected chi connectivity index (χ4v) is 5.13. The molecule has 5 rings (SSSR count). The van der Waals surface area contributed by atoms with Crippen LogP contribution in [0.25, 0.3) is 10.3 Å². The SMILES string of the molecule is O=C(NCC1CCNCC1)c1nc2c(N3c4ccccc4C[C@@H]3CO)ncnc2s1. The number of aliphatic hydroxyl groups excluding tert-OH is 1. The first kappa shape index (κ1) is 19.3. The van der Waals surface area contributed by atoms with Gasteiger partial charge in [-0.05, 0) is 49.9 Å². The van der Waals surface area contributed by atoms with Gasteiger partial charge in [-0.3, -0.25) is 4.79 Å². The van der Waals surface area contributed by atoms with E-state index in [1.807, 2.05) is 23.1 Å². The number of para-hydroxylation sites is 1. The lowest BCUT2D eigenvalue weighted by atomic mass is 9.98. The molecule has 1 fully saturated rings. The number of amides is 1. The third-order valence-electron chi connectivity index (χ3n) is 5.89. The van der Waals surface area contributed by atoms with Crippen molar-refractivity contribution in [2.45, 2.75) is 25.3 Å². The van der Waals surface area contributed by atoms with Crippen molar-refractivity contribution in [3.05, 3.63) is 41.2 Å². The smallest absolute Gasteiger partial charge is 0.280 e. The van der Waals surface area contributed by atoms with Crippen molar-refractivity contribution in [3.63, 3.8) is 0 Å². The van der Waals surface area contributed by atoms with Crippen LogP contribution >= 0.6 is 11.3 Å². The van der Waals surface area contributed by atoms with Gasteiger partial charge in [0.25, 0.3) is 5.91 Å². The van der Waals surface area contributed by atoms with Crippen LogP contribution in [-0.4, -0.2) is 58.2 Å². The van der Waals surface area contributed by atoms with Gasteiger partial charge in [0.05, 0.1) is 12.6 Å². The van der Waals surface area contributed by atoms with E-state index < -0.39 is 0 Å². The van der Waals surface area contributed by atoms with Gasteiger partial charge in [-0.1, -0.05) is 29.5 Å². The summed E-state index contributed by atoms with van der Waals surface area (Å²) in [5.41, 5.74) is 2.78. The lowest BCUT2D eigenvalue weighted by Gasteiger charge is -2.25. The Labute approximate surface area is 178 Å². The second-order valence-corrected chi connectivity index (χ2v) is 8.79. The van der Waals surface area contributed by atoms with Gasteiger partial charge in [-0.2, -0.15) is 0 Å². The Bertz CT molecular complexity index is 1060. The first-order chi connectivity index (χ1) is 14.7. The summed E-state index contributed by atoms with van der Waals surface area (Å²) in [6.45, 7) is 2.68. The summed E-state index contributed by atoms with van der Waals surface area (Å²) in [7, 11) is 0. The zero-order chi connectivity index (χ0) is 20.5. The van der Waals surface area contributed by atoms with E-state index in [1.54, 1.807) is 0 Å². The molecule has 0 radical (unpaired) electrons. The highest BCUT2D eigenvalue weighted by molar-refractivity contribution is 7.19. The number of aliphatic hydroxyl groups is 1. The van der Waals surface area contributed by atoms with E-state index in [9.17, 15) is 9.90 Å². The van der Waals surface area contributed by atoms with Gasteiger partial charge in [0.15, 0.2) is 10.8 Å². The highest BCUT2D eigenvalue weighted by Gasteiger charge is 2.32. The Hall–Kier alpha value is -2.62. The number of hydrogen-bond donors (Lipinski definition) is 3. The van der Waals surface area contributed by atoms with Crippen molar-refractivity contribution >= 4 is 39.1 Å². The molecule has 0 unspecified atom stereocenters. The molecule has 156 valence electrons. The number of carbonyl (C=O) groups excluding carboxylic acids is 1. The van der Waals surface area contributed by atoms with Crippen LogP contribution < -0.4 is 15.5 Å². The molecule has 2 aromatic heterocycles. The van der Waals surface area contributed by atoms with E-state index >= 15 is 0 Å². The monoisotopic (exact) mass is 424 g/mol. The number of carbonyl (C=O) groups is 1. The quantitative estimate of drug-likeness (QED) is 0.574. The van der Waals surface area contributed by atoms with Crippen LogP contribution in [0.3, 0.4) is 0 Å². The second-order valence-electron chi connectivity index (χ2n) is 7.81. The van der Waals surface area contributed by atoms with Gasteiger partial charge in [-0.25, -0.2) is 15.0 Å². The Balaban J connectivity index is 1.43. The highest BCUT2D eigenvalue weighted by Crippen LogP contribution is 2.40. The second kappa shape index (κ2) is 8.25. The Morgan fingerprint density at radius 2 is 2.10 bits per heavy atom. The molecule has 0 bridgehead atoms. The third kappa shape index (κ3) is 3.53. The van der Waals surface area contributed by atoms with Gasteiger partial charge in [0.2, 0.25) is 0 Å². The van der Waals surface area contributed by atoms with Crippen molar-refractivity contribution < 1.29 is 9.90 Å². The van der Waals surface area contributed by atoms with Crippen molar-refractivity contribution in [2.24, 2.45) is 5.92 Å². The van der Waals surface area contributed by atoms with Gasteiger partial charge < -0.3 is 20.6 Å². The Kier molecular flexibility index (Phi) is 5.32. The van der Waals surface area contributed by atoms with Gasteiger partial charge in [-0.15, -0.1) is 0 Å². The largest absolute Gasteiger partial charge is 0.394 e. The molecule has 3 N–H and O–H groups in total. The number of hydrogen-bond acceptors (Lipinski definition) is 8. The fraction of sp³-hybridized carbons (Fsp3) is 0.429. The van der Waals surface area contributed by atoms with Gasteiger partial charge in [0, 0.05) is 12.2 Å². The Morgan fingerprint density at radius 1 is 1.27 bits per heavy atom. The summed E-state index contributed by atoms with van der Waals surface area (Å²) in [6, 6.07) is 7.96. The first-order valence-corrected chi connectivity index (χ1v) is 11.1. The van der Waals surface area contributed by atoms with Crippen molar-refractivity contribution in [2.75, 3.05) is 31.1 Å². The average molecular weight is 425 g/mol. The maximum absolute atomic E-state index is 12.7. The number of piperidine rings is 1. The molecular formula is C21H24N6O2S. The fourth-order valence-electron chi connectivity index (χ4n) is 4.31. The molecule has 1 saturated heterocycles. The van der Waals surface area contributed by atoms with Crippen LogP contribution in [0.5, 0.6) is 0 Å². The molecule has 0 spiro atoms. The molecule has 8 nitrogen and oxygen atoms in total. The van der Waals surface area contributed by atoms with E-state index in [2.05, 4.69) is 31.7 Å². The van der Waals surface area contributed by atoms with E-state index in [0.717, 1.165) is 38.0 Å². The van der Waals surface area contributed by atoms with Crippen molar-refractivity contribution in [3.8, 4) is 0 Å². The molecule has 1 aromatic carbocycles. The molecule has 3 aromatic rings. The third-order valence-corrected chi connectivity index (χ3v) is 6.85. The normalized spacial score (nSPS) is 19.2. The molecule has 0 saturated carbocycles. The standard InChI is InChI=1S/C21H24N6O2S/c28-11-15-9-14-3-1-2-4-16(14)27(15)18-17-20(25-12-24-18)30-21(26-17)19(29)23-10-13-5-7-22-8-6-13/h1-4,12-13,15,22,28H,5-11H2,(H,23,29)/t15-/m1/s1. The summed E-state index contributed by atoms with van der Waals surface area (Å²) in [5, 5.41) is 16.7. The average Bonchev–Trinajstić information content (AvgIpc) is 3.39. The number of fused-ring (bicyclic) bond motifs is 2. The minimum Gasteiger partial charge on any atom is -0.394 e. The lowest BCUT2D eigenvalue weighted by molar-refractivity contribution is 0.0944. The van der Waals surface area contributed by atoms with Crippen molar-refractivity contribution in [1.82, 2.24) is 25.6 Å². The van der Waals surface area contributed by atoms with E-state index in [-0.39, 0.29) is 18.6 Å². The molecule has 4 heterocycles.